The molecule has 0 bridgehead atoms. The Bertz CT molecular complexity index is 1140. The molecular formula is C29H44N6O4S. The summed E-state index contributed by atoms with van der Waals surface area (Å²) >= 11 is 1.39. The summed E-state index contributed by atoms with van der Waals surface area (Å²) in [6.45, 7) is 5.51. The predicted molar refractivity (Wildman–Crippen MR) is 156 cm³/mol. The SMILES string of the molecule is CC(C)CC(NC(=O)C1(NC(=O)c2cccc(CN(C)C)c2)CCCCC1)C(=O)c1nnc(SCCN(C)C)o1. The molecule has 0 aliphatic heterocycles. The van der Waals surface area contributed by atoms with Gasteiger partial charge in [0.05, 0.1) is 6.04 Å². The van der Waals surface area contributed by atoms with Crippen LogP contribution in [0.25, 0.3) is 0 Å². The normalized spacial score (nSPS) is 15.8. The van der Waals surface area contributed by atoms with Crippen molar-refractivity contribution in [1.29, 1.82) is 0 Å². The Labute approximate surface area is 242 Å². The number of hydrogen-bond donors (Lipinski definition) is 2. The number of nitrogens with zero attached hydrogens (tertiary/aromatic N) is 4. The molecule has 1 saturated carbocycles. The minimum Gasteiger partial charge on any atom is -0.408 e. The van der Waals surface area contributed by atoms with Crippen LogP contribution in [0.3, 0.4) is 0 Å². The third-order valence-corrected chi connectivity index (χ3v) is 7.69. The first-order valence-corrected chi connectivity index (χ1v) is 15.0. The summed E-state index contributed by atoms with van der Waals surface area (Å²) in [6, 6.07) is 6.62. The third-order valence-electron chi connectivity index (χ3n) is 6.89. The third kappa shape index (κ3) is 9.14. The molecule has 0 spiro atoms. The van der Waals surface area contributed by atoms with Crippen molar-refractivity contribution >= 4 is 29.4 Å². The maximum atomic E-state index is 13.9. The van der Waals surface area contributed by atoms with Gasteiger partial charge in [-0.25, -0.2) is 0 Å². The van der Waals surface area contributed by atoms with E-state index in [1.807, 2.05) is 70.0 Å². The van der Waals surface area contributed by atoms with Crippen molar-refractivity contribution in [2.75, 3.05) is 40.5 Å². The lowest BCUT2D eigenvalue weighted by atomic mass is 9.80. The van der Waals surface area contributed by atoms with Gasteiger partial charge in [0.25, 0.3) is 17.0 Å². The van der Waals surface area contributed by atoms with Gasteiger partial charge in [-0.3, -0.25) is 14.4 Å². The molecule has 1 aliphatic carbocycles. The zero-order chi connectivity index (χ0) is 29.3. The second-order valence-electron chi connectivity index (χ2n) is 11.6. The molecule has 10 nitrogen and oxygen atoms in total. The van der Waals surface area contributed by atoms with Gasteiger partial charge in [0.15, 0.2) is 0 Å². The fourth-order valence-corrected chi connectivity index (χ4v) is 5.73. The van der Waals surface area contributed by atoms with E-state index in [4.69, 9.17) is 4.42 Å². The number of ketones is 1. The van der Waals surface area contributed by atoms with E-state index < -0.39 is 17.4 Å². The molecule has 0 radical (unpaired) electrons. The van der Waals surface area contributed by atoms with Crippen LogP contribution in [-0.2, 0) is 11.3 Å². The number of benzene rings is 1. The van der Waals surface area contributed by atoms with E-state index >= 15 is 0 Å². The average Bonchev–Trinajstić information content (AvgIpc) is 3.36. The summed E-state index contributed by atoms with van der Waals surface area (Å²) in [4.78, 5) is 44.8. The second-order valence-corrected chi connectivity index (χ2v) is 12.6. The van der Waals surface area contributed by atoms with Gasteiger partial charge < -0.3 is 24.9 Å². The Kier molecular flexibility index (Phi) is 11.7. The zero-order valence-corrected chi connectivity index (χ0v) is 25.5. The van der Waals surface area contributed by atoms with Crippen molar-refractivity contribution in [3.8, 4) is 0 Å². The Morgan fingerprint density at radius 3 is 2.42 bits per heavy atom. The molecule has 1 aliphatic rings. The number of thioether (sulfide) groups is 1. The van der Waals surface area contributed by atoms with E-state index in [2.05, 4.69) is 20.8 Å². The molecule has 11 heteroatoms. The van der Waals surface area contributed by atoms with Gasteiger partial charge in [-0.1, -0.05) is 57.0 Å². The first kappa shape index (κ1) is 31.8. The van der Waals surface area contributed by atoms with Crippen LogP contribution in [0.4, 0.5) is 0 Å². The molecule has 40 heavy (non-hydrogen) atoms. The monoisotopic (exact) mass is 572 g/mol. The summed E-state index contributed by atoms with van der Waals surface area (Å²) in [7, 11) is 7.91. The van der Waals surface area contributed by atoms with E-state index in [9.17, 15) is 14.4 Å². The van der Waals surface area contributed by atoms with Crippen molar-refractivity contribution in [3.63, 3.8) is 0 Å². The lowest BCUT2D eigenvalue weighted by Gasteiger charge is -2.37. The summed E-state index contributed by atoms with van der Waals surface area (Å²) in [5.41, 5.74) is 0.433. The molecule has 0 saturated heterocycles. The van der Waals surface area contributed by atoms with Crippen LogP contribution in [0.1, 0.15) is 79.0 Å². The first-order valence-electron chi connectivity index (χ1n) is 14.0. The highest BCUT2D eigenvalue weighted by molar-refractivity contribution is 7.99. The maximum Gasteiger partial charge on any atom is 0.286 e. The van der Waals surface area contributed by atoms with Crippen LogP contribution in [0.15, 0.2) is 33.9 Å². The van der Waals surface area contributed by atoms with Crippen LogP contribution >= 0.6 is 11.8 Å². The summed E-state index contributed by atoms with van der Waals surface area (Å²) in [5.74, 6) is -0.289. The smallest absolute Gasteiger partial charge is 0.286 e. The number of Topliss-reactive ketones (excluding diaryl/α,β-unsaturated/α-hetero) is 1. The lowest BCUT2D eigenvalue weighted by molar-refractivity contribution is -0.129. The molecule has 1 atom stereocenters. The average molecular weight is 573 g/mol. The van der Waals surface area contributed by atoms with Gasteiger partial charge in [0.2, 0.25) is 11.7 Å². The summed E-state index contributed by atoms with van der Waals surface area (Å²) in [6.07, 6.45) is 4.05. The topological polar surface area (TPSA) is 121 Å². The zero-order valence-electron chi connectivity index (χ0n) is 24.7. The molecule has 2 aromatic rings. The van der Waals surface area contributed by atoms with Crippen LogP contribution in [0.5, 0.6) is 0 Å². The number of hydrogen-bond acceptors (Lipinski definition) is 9. The van der Waals surface area contributed by atoms with Crippen LogP contribution in [-0.4, -0.2) is 89.7 Å². The van der Waals surface area contributed by atoms with E-state index in [1.54, 1.807) is 6.07 Å². The van der Waals surface area contributed by atoms with Gasteiger partial charge in [-0.2, -0.15) is 0 Å². The lowest BCUT2D eigenvalue weighted by Crippen LogP contribution is -2.62. The van der Waals surface area contributed by atoms with Gasteiger partial charge in [-0.15, -0.1) is 10.2 Å². The van der Waals surface area contributed by atoms with Crippen molar-refractivity contribution in [1.82, 2.24) is 30.6 Å². The molecule has 1 aromatic carbocycles. The number of aromatic nitrogens is 2. The number of nitrogens with one attached hydrogen (secondary N) is 2. The molecule has 220 valence electrons. The quantitative estimate of drug-likeness (QED) is 0.258. The Balaban J connectivity index is 1.77. The van der Waals surface area contributed by atoms with Crippen LogP contribution in [0.2, 0.25) is 0 Å². The van der Waals surface area contributed by atoms with E-state index in [0.717, 1.165) is 37.1 Å². The van der Waals surface area contributed by atoms with E-state index in [0.29, 0.717) is 36.6 Å². The van der Waals surface area contributed by atoms with Crippen molar-refractivity contribution in [3.05, 3.63) is 41.3 Å². The molecule has 2 amide bonds. The van der Waals surface area contributed by atoms with Gasteiger partial charge in [0.1, 0.15) is 5.54 Å². The van der Waals surface area contributed by atoms with E-state index in [1.165, 1.54) is 11.8 Å². The minimum absolute atomic E-state index is 0.113. The van der Waals surface area contributed by atoms with Crippen molar-refractivity contribution < 1.29 is 18.8 Å². The number of rotatable bonds is 14. The molecule has 1 fully saturated rings. The van der Waals surface area contributed by atoms with E-state index in [-0.39, 0.29) is 23.6 Å². The van der Waals surface area contributed by atoms with Gasteiger partial charge in [-0.05, 0) is 71.1 Å². The summed E-state index contributed by atoms with van der Waals surface area (Å²) < 4.78 is 5.65. The Morgan fingerprint density at radius 2 is 1.77 bits per heavy atom. The Hall–Kier alpha value is -2.76. The Morgan fingerprint density at radius 1 is 1.05 bits per heavy atom. The van der Waals surface area contributed by atoms with Crippen molar-refractivity contribution in [2.24, 2.45) is 5.92 Å². The summed E-state index contributed by atoms with van der Waals surface area (Å²) in [5, 5.41) is 14.3. The molecule has 1 heterocycles. The maximum absolute atomic E-state index is 13.9. The molecule has 1 aromatic heterocycles. The molecule has 3 rings (SSSR count). The van der Waals surface area contributed by atoms with Gasteiger partial charge >= 0.3 is 0 Å². The molecule has 2 N–H and O–H groups in total. The number of carbonyl (C=O) groups excluding carboxylic acids is 3. The second kappa shape index (κ2) is 14.7. The van der Waals surface area contributed by atoms with Crippen molar-refractivity contribution in [2.45, 2.75) is 75.7 Å². The molecular weight excluding hydrogens is 528 g/mol. The molecule has 1 unspecified atom stereocenters. The van der Waals surface area contributed by atoms with Crippen LogP contribution in [0, 0.1) is 5.92 Å². The number of amides is 2. The highest BCUT2D eigenvalue weighted by Gasteiger charge is 2.43. The number of carbonyl (C=O) groups is 3. The fraction of sp³-hybridized carbons (Fsp3) is 0.621. The highest BCUT2D eigenvalue weighted by Crippen LogP contribution is 2.30. The highest BCUT2D eigenvalue weighted by atomic mass is 32.2. The standard InChI is InChI=1S/C29H44N6O4S/c1-20(2)17-23(24(36)26-32-33-28(39-26)40-16-15-34(3)4)30-27(38)29(13-8-7-9-14-29)31-25(37)22-12-10-11-21(18-22)19-35(5)6/h10-12,18,20,23H,7-9,13-17,19H2,1-6H3,(H,30,38)(H,31,37). The predicted octanol–water partition coefficient (Wildman–Crippen LogP) is 3.63. The first-order chi connectivity index (χ1) is 19.0. The van der Waals surface area contributed by atoms with Gasteiger partial charge in [0, 0.05) is 24.4 Å². The fourth-order valence-electron chi connectivity index (χ4n) is 4.86. The minimum atomic E-state index is -1.09. The van der Waals surface area contributed by atoms with Crippen LogP contribution < -0.4 is 10.6 Å². The largest absolute Gasteiger partial charge is 0.408 e.